The average molecular weight is 210 g/mol. The molecule has 0 spiro atoms. The molecule has 1 aliphatic rings. The average Bonchev–Trinajstić information content (AvgIpc) is 2.17. The molecule has 0 aromatic carbocycles. The topological polar surface area (TPSA) is 29.3 Å². The van der Waals surface area contributed by atoms with Crippen molar-refractivity contribution in [2.24, 2.45) is 17.6 Å². The van der Waals surface area contributed by atoms with Gasteiger partial charge < -0.3 is 10.6 Å². The van der Waals surface area contributed by atoms with Crippen molar-refractivity contribution < 1.29 is 0 Å². The summed E-state index contributed by atoms with van der Waals surface area (Å²) in [5.41, 5.74) is 7.08. The molecule has 1 aliphatic carbocycles. The lowest BCUT2D eigenvalue weighted by Crippen LogP contribution is -2.35. The van der Waals surface area contributed by atoms with E-state index in [1.54, 1.807) is 0 Å². The normalized spacial score (nSPS) is 26.9. The van der Waals surface area contributed by atoms with Crippen LogP contribution in [0.25, 0.3) is 0 Å². The van der Waals surface area contributed by atoms with Gasteiger partial charge in [-0.2, -0.15) is 0 Å². The van der Waals surface area contributed by atoms with Crippen molar-refractivity contribution in [3.8, 4) is 0 Å². The number of nitrogens with zero attached hydrogens (tertiary/aromatic N) is 1. The van der Waals surface area contributed by atoms with Crippen LogP contribution in [0.5, 0.6) is 0 Å². The third kappa shape index (κ3) is 4.35. The number of likely N-dealkylation sites (N-methyl/N-ethyl adjacent to an activating group) is 1. The van der Waals surface area contributed by atoms with Gasteiger partial charge in [-0.3, -0.25) is 0 Å². The van der Waals surface area contributed by atoms with Crippen molar-refractivity contribution in [3.05, 3.63) is 12.2 Å². The second-order valence-electron chi connectivity index (χ2n) is 5.19. The molecule has 2 heteroatoms. The summed E-state index contributed by atoms with van der Waals surface area (Å²) >= 11 is 0. The quantitative estimate of drug-likeness (QED) is 0.705. The summed E-state index contributed by atoms with van der Waals surface area (Å²) in [6, 6.07) is 0. The molecule has 15 heavy (non-hydrogen) atoms. The number of hydrogen-bond acceptors (Lipinski definition) is 2. The highest BCUT2D eigenvalue weighted by Gasteiger charge is 2.24. The lowest BCUT2D eigenvalue weighted by molar-refractivity contribution is 0.180. The van der Waals surface area contributed by atoms with Crippen molar-refractivity contribution in [2.45, 2.75) is 32.6 Å². The van der Waals surface area contributed by atoms with Crippen LogP contribution in [0, 0.1) is 11.8 Å². The minimum atomic E-state index is 0.756. The van der Waals surface area contributed by atoms with Crippen molar-refractivity contribution >= 4 is 0 Å². The van der Waals surface area contributed by atoms with E-state index < -0.39 is 0 Å². The highest BCUT2D eigenvalue weighted by molar-refractivity contribution is 4.91. The highest BCUT2D eigenvalue weighted by Crippen LogP contribution is 2.29. The maximum atomic E-state index is 5.83. The Kier molecular flexibility index (Phi) is 5.34. The van der Waals surface area contributed by atoms with Crippen molar-refractivity contribution in [2.75, 3.05) is 26.7 Å². The molecule has 0 saturated heterocycles. The van der Waals surface area contributed by atoms with Gasteiger partial charge in [0.15, 0.2) is 0 Å². The van der Waals surface area contributed by atoms with Gasteiger partial charge in [0.25, 0.3) is 0 Å². The standard InChI is InChI=1S/C13H26N2/c1-11(2)9-15(3)10-13-7-5-4-6-12(13)8-14/h12-13H,1,4-10,14H2,2-3H3. The maximum absolute atomic E-state index is 5.83. The third-order valence-electron chi connectivity index (χ3n) is 3.46. The molecule has 2 nitrogen and oxygen atoms in total. The minimum absolute atomic E-state index is 0.756. The fourth-order valence-electron chi connectivity index (χ4n) is 2.76. The summed E-state index contributed by atoms with van der Waals surface area (Å²) in [6.45, 7) is 9.13. The number of nitrogens with two attached hydrogens (primary N) is 1. The molecule has 0 radical (unpaired) electrons. The monoisotopic (exact) mass is 210 g/mol. The SMILES string of the molecule is C=C(C)CN(C)CC1CCCCC1CN. The fourth-order valence-corrected chi connectivity index (χ4v) is 2.76. The molecule has 0 bridgehead atoms. The number of rotatable bonds is 5. The van der Waals surface area contributed by atoms with E-state index in [-0.39, 0.29) is 0 Å². The minimum Gasteiger partial charge on any atom is -0.330 e. The Labute approximate surface area is 94.5 Å². The largest absolute Gasteiger partial charge is 0.330 e. The molecule has 88 valence electrons. The second-order valence-corrected chi connectivity index (χ2v) is 5.19. The smallest absolute Gasteiger partial charge is 0.0184 e. The van der Waals surface area contributed by atoms with Gasteiger partial charge in [0.05, 0.1) is 0 Å². The van der Waals surface area contributed by atoms with Crippen LogP contribution in [-0.2, 0) is 0 Å². The van der Waals surface area contributed by atoms with E-state index in [0.717, 1.165) is 24.9 Å². The van der Waals surface area contributed by atoms with Crippen LogP contribution in [0.2, 0.25) is 0 Å². The van der Waals surface area contributed by atoms with Crippen LogP contribution in [0.1, 0.15) is 32.6 Å². The molecule has 0 aliphatic heterocycles. The Balaban J connectivity index is 2.37. The molecule has 0 amide bonds. The van der Waals surface area contributed by atoms with Crippen molar-refractivity contribution in [3.63, 3.8) is 0 Å². The summed E-state index contributed by atoms with van der Waals surface area (Å²) in [7, 11) is 2.19. The van der Waals surface area contributed by atoms with Crippen LogP contribution in [-0.4, -0.2) is 31.6 Å². The van der Waals surface area contributed by atoms with E-state index in [0.29, 0.717) is 0 Å². The lowest BCUT2D eigenvalue weighted by atomic mass is 9.79. The predicted molar refractivity (Wildman–Crippen MR) is 66.8 cm³/mol. The van der Waals surface area contributed by atoms with E-state index in [4.69, 9.17) is 5.73 Å². The Morgan fingerprint density at radius 3 is 2.47 bits per heavy atom. The van der Waals surface area contributed by atoms with E-state index in [1.165, 1.54) is 37.8 Å². The first-order valence-electron chi connectivity index (χ1n) is 6.16. The van der Waals surface area contributed by atoms with Gasteiger partial charge in [-0.25, -0.2) is 0 Å². The Morgan fingerprint density at radius 1 is 1.33 bits per heavy atom. The van der Waals surface area contributed by atoms with E-state index in [2.05, 4.69) is 25.5 Å². The molecule has 0 aromatic heterocycles. The molecule has 1 fully saturated rings. The van der Waals surface area contributed by atoms with E-state index in [1.807, 2.05) is 0 Å². The number of hydrogen-bond donors (Lipinski definition) is 1. The van der Waals surface area contributed by atoms with Crippen LogP contribution < -0.4 is 5.73 Å². The summed E-state index contributed by atoms with van der Waals surface area (Å²) in [5.74, 6) is 1.57. The van der Waals surface area contributed by atoms with Gasteiger partial charge in [-0.05, 0) is 45.2 Å². The van der Waals surface area contributed by atoms with Gasteiger partial charge in [0.2, 0.25) is 0 Å². The molecule has 1 rings (SSSR count). The first kappa shape index (κ1) is 12.7. The highest BCUT2D eigenvalue weighted by atomic mass is 15.1. The van der Waals surface area contributed by atoms with Crippen molar-refractivity contribution in [1.82, 2.24) is 4.90 Å². The summed E-state index contributed by atoms with van der Waals surface area (Å²) in [4.78, 5) is 2.39. The van der Waals surface area contributed by atoms with E-state index >= 15 is 0 Å². The van der Waals surface area contributed by atoms with Crippen LogP contribution in [0.15, 0.2) is 12.2 Å². The van der Waals surface area contributed by atoms with E-state index in [9.17, 15) is 0 Å². The Hall–Kier alpha value is -0.340. The molecule has 2 atom stereocenters. The maximum Gasteiger partial charge on any atom is 0.0184 e. The van der Waals surface area contributed by atoms with Gasteiger partial charge in [-0.15, -0.1) is 0 Å². The summed E-state index contributed by atoms with van der Waals surface area (Å²) < 4.78 is 0. The first-order chi connectivity index (χ1) is 7.13. The van der Waals surface area contributed by atoms with Crippen LogP contribution in [0.4, 0.5) is 0 Å². The first-order valence-corrected chi connectivity index (χ1v) is 6.16. The van der Waals surface area contributed by atoms with Gasteiger partial charge in [0, 0.05) is 13.1 Å². The zero-order chi connectivity index (χ0) is 11.3. The third-order valence-corrected chi connectivity index (χ3v) is 3.46. The molecular formula is C13H26N2. The Bertz CT molecular complexity index is 201. The van der Waals surface area contributed by atoms with Crippen LogP contribution >= 0.6 is 0 Å². The molecule has 0 aromatic rings. The van der Waals surface area contributed by atoms with Crippen LogP contribution in [0.3, 0.4) is 0 Å². The van der Waals surface area contributed by atoms with Gasteiger partial charge in [-0.1, -0.05) is 25.0 Å². The molecule has 1 saturated carbocycles. The summed E-state index contributed by atoms with van der Waals surface area (Å²) in [6.07, 6.45) is 5.47. The predicted octanol–water partition coefficient (Wildman–Crippen LogP) is 2.26. The lowest BCUT2D eigenvalue weighted by Gasteiger charge is -2.33. The van der Waals surface area contributed by atoms with Gasteiger partial charge >= 0.3 is 0 Å². The van der Waals surface area contributed by atoms with Crippen molar-refractivity contribution in [1.29, 1.82) is 0 Å². The molecular weight excluding hydrogens is 184 g/mol. The molecule has 0 heterocycles. The zero-order valence-corrected chi connectivity index (χ0v) is 10.3. The fraction of sp³-hybridized carbons (Fsp3) is 0.846. The second kappa shape index (κ2) is 6.29. The molecule has 2 N–H and O–H groups in total. The molecule has 2 unspecified atom stereocenters. The summed E-state index contributed by atoms with van der Waals surface area (Å²) in [5, 5.41) is 0. The Morgan fingerprint density at radius 2 is 1.93 bits per heavy atom. The van der Waals surface area contributed by atoms with Gasteiger partial charge in [0.1, 0.15) is 0 Å². The zero-order valence-electron chi connectivity index (χ0n) is 10.3.